The van der Waals surface area contributed by atoms with Gasteiger partial charge in [-0.05, 0) is 11.3 Å². The molecule has 0 aliphatic heterocycles. The van der Waals surface area contributed by atoms with E-state index in [4.69, 9.17) is 0 Å². The Morgan fingerprint density at radius 1 is 1.46 bits per heavy atom. The Morgan fingerprint density at radius 2 is 2.00 bits per heavy atom. The van der Waals surface area contributed by atoms with Crippen LogP contribution in [-0.4, -0.2) is 20.6 Å². The van der Waals surface area contributed by atoms with Gasteiger partial charge in [0.15, 0.2) is 0 Å². The van der Waals surface area contributed by atoms with Gasteiger partial charge >= 0.3 is 5.97 Å². The van der Waals surface area contributed by atoms with Gasteiger partial charge in [-0.25, -0.2) is 8.42 Å². The Hall–Kier alpha value is -0.330. The molecule has 13 heavy (non-hydrogen) atoms. The summed E-state index contributed by atoms with van der Waals surface area (Å²) in [5, 5.41) is 0. The molecule has 0 unspecified atom stereocenters. The van der Waals surface area contributed by atoms with E-state index in [2.05, 4.69) is 4.84 Å². The van der Waals surface area contributed by atoms with Gasteiger partial charge in [-0.15, -0.1) is 12.4 Å². The summed E-state index contributed by atoms with van der Waals surface area (Å²) < 4.78 is 20.8. The highest BCUT2D eigenvalue weighted by Gasteiger charge is 2.05. The van der Waals surface area contributed by atoms with Crippen LogP contribution in [0.3, 0.4) is 0 Å². The number of rotatable bonds is 5. The molecule has 0 atom stereocenters. The van der Waals surface area contributed by atoms with Gasteiger partial charge in [0.1, 0.15) is 0 Å². The van der Waals surface area contributed by atoms with Gasteiger partial charge in [0, 0.05) is 6.42 Å². The maximum atomic E-state index is 10.7. The van der Waals surface area contributed by atoms with Crippen molar-refractivity contribution < 1.29 is 18.0 Å². The highest BCUT2D eigenvalue weighted by atomic mass is 35.5. The zero-order chi connectivity index (χ0) is 9.61. The Kier molecular flexibility index (Phi) is 8.29. The summed E-state index contributed by atoms with van der Waals surface area (Å²) in [6.07, 6.45) is 2.72. The molecule has 0 amide bonds. The fourth-order valence-corrected chi connectivity index (χ4v) is 0.739. The minimum absolute atomic E-state index is 0. The van der Waals surface area contributed by atoms with Gasteiger partial charge in [0.05, 0.1) is 6.26 Å². The summed E-state index contributed by atoms with van der Waals surface area (Å²) in [5.41, 5.74) is 0. The van der Waals surface area contributed by atoms with Gasteiger partial charge in [0.25, 0.3) is 0 Å². The Bertz CT molecular complexity index is 239. The predicted molar refractivity (Wildman–Crippen MR) is 50.8 cm³/mol. The van der Waals surface area contributed by atoms with Crippen molar-refractivity contribution in [1.82, 2.24) is 4.89 Å². The molecule has 0 aromatic carbocycles. The molecule has 0 rings (SSSR count). The predicted octanol–water partition coefficient (Wildman–Crippen LogP) is 0.606. The second-order valence-electron chi connectivity index (χ2n) is 2.43. The van der Waals surface area contributed by atoms with Crippen LogP contribution in [0.5, 0.6) is 0 Å². The molecule has 0 aliphatic rings. The van der Waals surface area contributed by atoms with E-state index in [9.17, 15) is 13.2 Å². The lowest BCUT2D eigenvalue weighted by atomic mass is 10.3. The summed E-state index contributed by atoms with van der Waals surface area (Å²) in [6, 6.07) is 0. The number of carbonyl (C=O) groups excluding carboxylic acids is 1. The highest BCUT2D eigenvalue weighted by molar-refractivity contribution is 7.88. The van der Waals surface area contributed by atoms with E-state index in [1.165, 1.54) is 0 Å². The van der Waals surface area contributed by atoms with Crippen LogP contribution in [-0.2, 0) is 19.7 Å². The van der Waals surface area contributed by atoms with Crippen molar-refractivity contribution in [2.75, 3.05) is 6.26 Å². The number of halogens is 1. The number of hydrogen-bond donors (Lipinski definition) is 1. The molecule has 0 aliphatic carbocycles. The standard InChI is InChI=1S/C6H13NO4S.ClH/c1-3-4-5-6(8)11-7-12(2,9)10;/h7H,3-5H2,1-2H3;1H. The molecule has 7 heteroatoms. The molecule has 0 bridgehead atoms. The average Bonchev–Trinajstić information content (AvgIpc) is 1.95. The molecule has 0 saturated heterocycles. The lowest BCUT2D eigenvalue weighted by molar-refractivity contribution is -0.147. The average molecular weight is 232 g/mol. The van der Waals surface area contributed by atoms with Crippen molar-refractivity contribution in [3.05, 3.63) is 0 Å². The Balaban J connectivity index is 0. The molecule has 0 radical (unpaired) electrons. The van der Waals surface area contributed by atoms with Gasteiger partial charge in [-0.3, -0.25) is 4.79 Å². The molecule has 5 nitrogen and oxygen atoms in total. The molecule has 0 aromatic heterocycles. The van der Waals surface area contributed by atoms with E-state index in [-0.39, 0.29) is 18.8 Å². The van der Waals surface area contributed by atoms with E-state index in [1.54, 1.807) is 4.89 Å². The molecule has 0 heterocycles. The molecule has 0 fully saturated rings. The number of unbranched alkanes of at least 4 members (excludes halogenated alkanes) is 1. The normalized spacial score (nSPS) is 10.3. The molecule has 0 saturated carbocycles. The fraction of sp³-hybridized carbons (Fsp3) is 0.833. The van der Waals surface area contributed by atoms with Crippen LogP contribution >= 0.6 is 12.4 Å². The van der Waals surface area contributed by atoms with Crippen molar-refractivity contribution in [2.45, 2.75) is 26.2 Å². The Labute approximate surface area is 84.3 Å². The summed E-state index contributed by atoms with van der Waals surface area (Å²) in [6.45, 7) is 1.93. The van der Waals surface area contributed by atoms with Crippen molar-refractivity contribution in [2.24, 2.45) is 0 Å². The van der Waals surface area contributed by atoms with Gasteiger partial charge in [0.2, 0.25) is 10.0 Å². The summed E-state index contributed by atoms with van der Waals surface area (Å²) in [5.74, 6) is -0.553. The molecule has 0 spiro atoms. The van der Waals surface area contributed by atoms with E-state index >= 15 is 0 Å². The number of sulfonamides is 1. The largest absolute Gasteiger partial charge is 0.356 e. The summed E-state index contributed by atoms with van der Waals surface area (Å²) in [4.78, 5) is 16.6. The summed E-state index contributed by atoms with van der Waals surface area (Å²) >= 11 is 0. The lowest BCUT2D eigenvalue weighted by Crippen LogP contribution is -2.25. The minimum Gasteiger partial charge on any atom is -0.356 e. The van der Waals surface area contributed by atoms with E-state index in [0.29, 0.717) is 6.42 Å². The van der Waals surface area contributed by atoms with Crippen LogP contribution < -0.4 is 4.89 Å². The number of nitrogens with one attached hydrogen (secondary N) is 1. The third-order valence-electron chi connectivity index (χ3n) is 1.04. The fourth-order valence-electron chi connectivity index (χ4n) is 0.494. The van der Waals surface area contributed by atoms with Crippen LogP contribution in [0.1, 0.15) is 26.2 Å². The molecule has 1 N–H and O–H groups in total. The first-order chi connectivity index (χ1) is 5.45. The van der Waals surface area contributed by atoms with Crippen LogP contribution in [0.15, 0.2) is 0 Å². The van der Waals surface area contributed by atoms with E-state index in [0.717, 1.165) is 12.7 Å². The number of hydrogen-bond acceptors (Lipinski definition) is 4. The molecular weight excluding hydrogens is 218 g/mol. The smallest absolute Gasteiger partial charge is 0.326 e. The summed E-state index contributed by atoms with van der Waals surface area (Å²) in [7, 11) is -3.44. The second-order valence-corrected chi connectivity index (χ2v) is 4.14. The quantitative estimate of drug-likeness (QED) is 0.704. The highest BCUT2D eigenvalue weighted by Crippen LogP contribution is 1.95. The molecule has 0 aromatic rings. The SMILES string of the molecule is CCCCC(=O)ONS(C)(=O)=O.Cl. The Morgan fingerprint density at radius 3 is 2.38 bits per heavy atom. The van der Waals surface area contributed by atoms with Crippen molar-refractivity contribution in [3.63, 3.8) is 0 Å². The third kappa shape index (κ3) is 11.7. The van der Waals surface area contributed by atoms with Gasteiger partial charge in [-0.1, -0.05) is 13.3 Å². The van der Waals surface area contributed by atoms with Crippen molar-refractivity contribution in [3.8, 4) is 0 Å². The van der Waals surface area contributed by atoms with Crippen LogP contribution in [0.25, 0.3) is 0 Å². The van der Waals surface area contributed by atoms with Gasteiger partial charge in [-0.2, -0.15) is 0 Å². The van der Waals surface area contributed by atoms with Crippen LogP contribution in [0, 0.1) is 0 Å². The van der Waals surface area contributed by atoms with E-state index in [1.807, 2.05) is 6.92 Å². The number of carbonyl (C=O) groups is 1. The van der Waals surface area contributed by atoms with Crippen LogP contribution in [0.2, 0.25) is 0 Å². The minimum atomic E-state index is -3.44. The topological polar surface area (TPSA) is 72.5 Å². The molecular formula is C6H14ClNO4S. The lowest BCUT2D eigenvalue weighted by Gasteiger charge is -2.01. The monoisotopic (exact) mass is 231 g/mol. The zero-order valence-electron chi connectivity index (χ0n) is 7.57. The van der Waals surface area contributed by atoms with Crippen molar-refractivity contribution >= 4 is 28.4 Å². The van der Waals surface area contributed by atoms with Gasteiger partial charge < -0.3 is 4.84 Å². The molecule has 80 valence electrons. The third-order valence-corrected chi connectivity index (χ3v) is 1.43. The zero-order valence-corrected chi connectivity index (χ0v) is 9.20. The van der Waals surface area contributed by atoms with Crippen molar-refractivity contribution in [1.29, 1.82) is 0 Å². The van der Waals surface area contributed by atoms with E-state index < -0.39 is 16.0 Å². The second kappa shape index (κ2) is 7.11. The first kappa shape index (κ1) is 15.2. The maximum absolute atomic E-state index is 10.7. The van der Waals surface area contributed by atoms with Crippen LogP contribution in [0.4, 0.5) is 0 Å². The maximum Gasteiger partial charge on any atom is 0.326 e. The first-order valence-electron chi connectivity index (χ1n) is 3.62. The first-order valence-corrected chi connectivity index (χ1v) is 5.51.